The number of carbonyl (C=O) groups is 1. The zero-order chi connectivity index (χ0) is 21.8. The first-order valence-corrected chi connectivity index (χ1v) is 11.2. The van der Waals surface area contributed by atoms with Gasteiger partial charge in [-0.15, -0.1) is 11.3 Å². The number of thiophene rings is 1. The van der Waals surface area contributed by atoms with Gasteiger partial charge in [-0.2, -0.15) is 5.10 Å². The molecular formula is C22H16Cl3N3O2S. The van der Waals surface area contributed by atoms with Crippen molar-refractivity contribution in [3.8, 4) is 5.75 Å². The summed E-state index contributed by atoms with van der Waals surface area (Å²) in [6, 6.07) is 16.1. The number of hydrogen-bond acceptors (Lipinski definition) is 4. The highest BCUT2D eigenvalue weighted by Crippen LogP contribution is 2.25. The number of rotatable bonds is 7. The average Bonchev–Trinajstić information content (AvgIpc) is 3.39. The smallest absolute Gasteiger partial charge is 0.266 e. The molecule has 9 heteroatoms. The number of amides is 1. The Hall–Kier alpha value is -2.51. The van der Waals surface area contributed by atoms with Gasteiger partial charge >= 0.3 is 0 Å². The number of nitrogens with one attached hydrogen (secondary N) is 1. The van der Waals surface area contributed by atoms with Gasteiger partial charge in [0.2, 0.25) is 0 Å². The molecule has 1 amide bonds. The van der Waals surface area contributed by atoms with Gasteiger partial charge in [-0.1, -0.05) is 53.0 Å². The molecule has 1 N–H and O–H groups in total. The summed E-state index contributed by atoms with van der Waals surface area (Å²) in [5.74, 6) is 0.828. The predicted octanol–water partition coefficient (Wildman–Crippen LogP) is 6.78. The first-order chi connectivity index (χ1) is 15.0. The molecule has 0 saturated carbocycles. The van der Waals surface area contributed by atoms with E-state index in [4.69, 9.17) is 39.5 Å². The second-order valence-corrected chi connectivity index (χ2v) is 8.79. The molecule has 158 valence electrons. The van der Waals surface area contributed by atoms with Crippen LogP contribution in [0.2, 0.25) is 15.1 Å². The molecular weight excluding hydrogens is 477 g/mol. The van der Waals surface area contributed by atoms with Gasteiger partial charge in [-0.3, -0.25) is 9.48 Å². The molecule has 0 radical (unpaired) electrons. The average molecular weight is 493 g/mol. The van der Waals surface area contributed by atoms with Crippen LogP contribution in [0.4, 0.5) is 5.82 Å². The van der Waals surface area contributed by atoms with Crippen molar-refractivity contribution in [2.45, 2.75) is 13.2 Å². The Morgan fingerprint density at radius 2 is 1.90 bits per heavy atom. The number of aromatic nitrogens is 2. The summed E-state index contributed by atoms with van der Waals surface area (Å²) in [7, 11) is 0. The molecule has 0 saturated heterocycles. The Morgan fingerprint density at radius 3 is 2.71 bits per heavy atom. The maximum absolute atomic E-state index is 12.6. The lowest BCUT2D eigenvalue weighted by Crippen LogP contribution is -2.11. The van der Waals surface area contributed by atoms with Gasteiger partial charge < -0.3 is 10.1 Å². The summed E-state index contributed by atoms with van der Waals surface area (Å²) < 4.78 is 7.42. The van der Waals surface area contributed by atoms with Crippen LogP contribution < -0.4 is 10.1 Å². The molecule has 5 nitrogen and oxygen atoms in total. The Bertz CT molecular complexity index is 1220. The van der Waals surface area contributed by atoms with Gasteiger partial charge in [0.1, 0.15) is 12.4 Å². The molecule has 0 unspecified atom stereocenters. The maximum Gasteiger partial charge on any atom is 0.266 e. The first kappa shape index (κ1) is 21.7. The monoisotopic (exact) mass is 491 g/mol. The second-order valence-electron chi connectivity index (χ2n) is 6.63. The molecule has 2 heterocycles. The minimum Gasteiger partial charge on any atom is -0.487 e. The number of benzene rings is 2. The normalized spacial score (nSPS) is 10.8. The highest BCUT2D eigenvalue weighted by atomic mass is 35.5. The predicted molar refractivity (Wildman–Crippen MR) is 126 cm³/mol. The summed E-state index contributed by atoms with van der Waals surface area (Å²) in [6.45, 7) is 0.790. The highest BCUT2D eigenvalue weighted by molar-refractivity contribution is 7.12. The van der Waals surface area contributed by atoms with E-state index < -0.39 is 0 Å². The van der Waals surface area contributed by atoms with Crippen LogP contribution in [-0.2, 0) is 13.2 Å². The third-order valence-electron chi connectivity index (χ3n) is 4.34. The van der Waals surface area contributed by atoms with Crippen LogP contribution in [0.15, 0.2) is 66.2 Å². The van der Waals surface area contributed by atoms with Crippen molar-refractivity contribution in [2.24, 2.45) is 0 Å². The topological polar surface area (TPSA) is 56.2 Å². The lowest BCUT2D eigenvalue weighted by atomic mass is 10.2. The van der Waals surface area contributed by atoms with Gasteiger partial charge in [0, 0.05) is 27.9 Å². The fraction of sp³-hybridized carbons (Fsp3) is 0.0909. The number of halogens is 3. The molecule has 4 rings (SSSR count). The highest BCUT2D eigenvalue weighted by Gasteiger charge is 2.12. The Morgan fingerprint density at radius 1 is 1.06 bits per heavy atom. The molecule has 2 aromatic heterocycles. The number of anilines is 1. The SMILES string of the molecule is O=C(Nc1ccn(Cc2ccc(Cl)cc2Cl)n1)c1cc(COc2ccccc2Cl)cs1. The van der Waals surface area contributed by atoms with Crippen LogP contribution >= 0.6 is 46.1 Å². The van der Waals surface area contributed by atoms with Gasteiger partial charge in [0.25, 0.3) is 5.91 Å². The third-order valence-corrected chi connectivity index (χ3v) is 6.22. The fourth-order valence-electron chi connectivity index (χ4n) is 2.81. The van der Waals surface area contributed by atoms with Crippen molar-refractivity contribution in [2.75, 3.05) is 5.32 Å². The Labute approximate surface area is 198 Å². The van der Waals surface area contributed by atoms with Crippen molar-refractivity contribution in [1.82, 2.24) is 9.78 Å². The van der Waals surface area contributed by atoms with Crippen molar-refractivity contribution >= 4 is 57.9 Å². The fourth-order valence-corrected chi connectivity index (χ4v) is 4.26. The van der Waals surface area contributed by atoms with Gasteiger partial charge in [0.05, 0.1) is 16.4 Å². The largest absolute Gasteiger partial charge is 0.487 e. The third kappa shape index (κ3) is 5.60. The Balaban J connectivity index is 1.35. The van der Waals surface area contributed by atoms with Crippen LogP contribution in [0.5, 0.6) is 5.75 Å². The molecule has 0 aliphatic rings. The first-order valence-electron chi connectivity index (χ1n) is 9.21. The summed E-state index contributed by atoms with van der Waals surface area (Å²) in [6.07, 6.45) is 1.78. The maximum atomic E-state index is 12.6. The molecule has 0 aliphatic carbocycles. The molecule has 0 fully saturated rings. The van der Waals surface area contributed by atoms with Gasteiger partial charge in [-0.25, -0.2) is 0 Å². The van der Waals surface area contributed by atoms with Crippen LogP contribution in [0, 0.1) is 0 Å². The van der Waals surface area contributed by atoms with Crippen LogP contribution in [-0.4, -0.2) is 15.7 Å². The van der Waals surface area contributed by atoms with E-state index >= 15 is 0 Å². The number of ether oxygens (including phenoxy) is 1. The summed E-state index contributed by atoms with van der Waals surface area (Å²) in [5.41, 5.74) is 1.77. The Kier molecular flexibility index (Phi) is 6.83. The van der Waals surface area contributed by atoms with E-state index in [1.54, 1.807) is 47.3 Å². The van der Waals surface area contributed by atoms with Crippen molar-refractivity contribution in [3.05, 3.63) is 97.2 Å². The number of carbonyl (C=O) groups excluding carboxylic acids is 1. The molecule has 0 atom stereocenters. The summed E-state index contributed by atoms with van der Waals surface area (Å²) in [5, 5.41) is 10.8. The quantitative estimate of drug-likeness (QED) is 0.309. The van der Waals surface area contributed by atoms with Crippen molar-refractivity contribution in [3.63, 3.8) is 0 Å². The molecule has 0 aliphatic heterocycles. The van der Waals surface area contributed by atoms with Crippen molar-refractivity contribution in [1.29, 1.82) is 0 Å². The standard InChI is InChI=1S/C22H16Cl3N3O2S/c23-16-6-5-15(18(25)10-16)11-28-8-7-21(27-28)26-22(29)20-9-14(13-31-20)12-30-19-4-2-1-3-17(19)24/h1-10,13H,11-12H2,(H,26,27,29). The second kappa shape index (κ2) is 9.75. The summed E-state index contributed by atoms with van der Waals surface area (Å²) >= 11 is 19.6. The number of nitrogens with zero attached hydrogens (tertiary/aromatic N) is 2. The molecule has 31 heavy (non-hydrogen) atoms. The minimum atomic E-state index is -0.233. The zero-order valence-corrected chi connectivity index (χ0v) is 19.1. The van der Waals surface area contributed by atoms with E-state index in [1.807, 2.05) is 23.6 Å². The van der Waals surface area contributed by atoms with E-state index in [-0.39, 0.29) is 5.91 Å². The number of hydrogen-bond donors (Lipinski definition) is 1. The minimum absolute atomic E-state index is 0.233. The van der Waals surface area contributed by atoms with Crippen LogP contribution in [0.1, 0.15) is 20.8 Å². The lowest BCUT2D eigenvalue weighted by Gasteiger charge is -2.06. The molecule has 4 aromatic rings. The van der Waals surface area contributed by atoms with Gasteiger partial charge in [0.15, 0.2) is 5.82 Å². The molecule has 0 spiro atoms. The number of para-hydroxylation sites is 1. The van der Waals surface area contributed by atoms with E-state index in [1.165, 1.54) is 11.3 Å². The lowest BCUT2D eigenvalue weighted by molar-refractivity contribution is 0.103. The van der Waals surface area contributed by atoms with Crippen molar-refractivity contribution < 1.29 is 9.53 Å². The molecule has 0 bridgehead atoms. The van der Waals surface area contributed by atoms with E-state index in [9.17, 15) is 4.79 Å². The van der Waals surface area contributed by atoms with E-state index in [0.29, 0.717) is 44.7 Å². The summed E-state index contributed by atoms with van der Waals surface area (Å²) in [4.78, 5) is 13.1. The zero-order valence-electron chi connectivity index (χ0n) is 16.0. The van der Waals surface area contributed by atoms with E-state index in [0.717, 1.165) is 11.1 Å². The van der Waals surface area contributed by atoms with E-state index in [2.05, 4.69) is 10.4 Å². The molecule has 2 aromatic carbocycles. The van der Waals surface area contributed by atoms with Crippen LogP contribution in [0.25, 0.3) is 0 Å². The van der Waals surface area contributed by atoms with Crippen LogP contribution in [0.3, 0.4) is 0 Å². The van der Waals surface area contributed by atoms with Gasteiger partial charge in [-0.05, 0) is 41.3 Å².